The molecule has 0 aliphatic heterocycles. The summed E-state index contributed by atoms with van der Waals surface area (Å²) >= 11 is 11.8. The van der Waals surface area contributed by atoms with Crippen LogP contribution in [-0.2, 0) is 10.0 Å². The molecule has 1 fully saturated rings. The Hall–Kier alpha value is -2.49. The quantitative estimate of drug-likeness (QED) is 0.174. The number of alkyl halides is 3. The SMILES string of the molecule is CN(C)/C=N/c1c(N(CC2(C(F)(F)F)CC2)S(C)(=O)=O)c(C#N)nn1-c1c(Cl)cc(S(F)(F)(F)(F)F)cc1Cl. The van der Waals surface area contributed by atoms with Crippen LogP contribution in [0.25, 0.3) is 5.69 Å². The summed E-state index contributed by atoms with van der Waals surface area (Å²) in [6.45, 7) is -1.16. The van der Waals surface area contributed by atoms with Crippen molar-refractivity contribution in [1.82, 2.24) is 14.7 Å². The molecule has 39 heavy (non-hydrogen) atoms. The lowest BCUT2D eigenvalue weighted by atomic mass is 10.1. The van der Waals surface area contributed by atoms with Crippen molar-refractivity contribution in [2.75, 3.05) is 31.2 Å². The predicted octanol–water partition coefficient (Wildman–Crippen LogP) is 7.04. The molecule has 0 amide bonds. The van der Waals surface area contributed by atoms with E-state index in [0.717, 1.165) is 6.34 Å². The van der Waals surface area contributed by atoms with Gasteiger partial charge in [0.2, 0.25) is 10.0 Å². The normalized spacial score (nSPS) is 17.4. The van der Waals surface area contributed by atoms with Gasteiger partial charge in [-0.3, -0.25) is 4.31 Å². The van der Waals surface area contributed by atoms with E-state index in [4.69, 9.17) is 23.2 Å². The van der Waals surface area contributed by atoms with Crippen LogP contribution in [0.2, 0.25) is 10.0 Å². The second kappa shape index (κ2) is 8.75. The summed E-state index contributed by atoms with van der Waals surface area (Å²) in [4.78, 5) is 2.80. The topological polar surface area (TPSA) is 94.6 Å². The number of hydrogen-bond acceptors (Lipinski definition) is 5. The lowest BCUT2D eigenvalue weighted by Crippen LogP contribution is -2.41. The molecule has 1 saturated carbocycles. The van der Waals surface area contributed by atoms with E-state index in [1.54, 1.807) is 0 Å². The number of nitriles is 1. The Balaban J connectivity index is 2.39. The molecule has 0 N–H and O–H groups in total. The molecule has 20 heteroatoms. The van der Waals surface area contributed by atoms with Crippen molar-refractivity contribution in [2.45, 2.75) is 23.9 Å². The first-order valence-electron chi connectivity index (χ1n) is 10.3. The molecule has 1 aliphatic carbocycles. The van der Waals surface area contributed by atoms with Gasteiger partial charge in [-0.25, -0.2) is 18.1 Å². The molecular weight excluding hydrogens is 631 g/mol. The minimum Gasteiger partial charge on any atom is -0.369 e. The van der Waals surface area contributed by atoms with Crippen LogP contribution in [0.5, 0.6) is 0 Å². The fourth-order valence-electron chi connectivity index (χ4n) is 3.43. The van der Waals surface area contributed by atoms with Crippen molar-refractivity contribution in [3.05, 3.63) is 27.9 Å². The monoisotopic (exact) mass is 648 g/mol. The number of anilines is 1. The van der Waals surface area contributed by atoms with E-state index < -0.39 is 89.1 Å². The van der Waals surface area contributed by atoms with Crippen LogP contribution in [0.4, 0.5) is 44.1 Å². The van der Waals surface area contributed by atoms with E-state index in [1.807, 2.05) is 0 Å². The van der Waals surface area contributed by atoms with Crippen molar-refractivity contribution in [2.24, 2.45) is 10.4 Å². The zero-order valence-corrected chi connectivity index (χ0v) is 23.1. The minimum absolute atomic E-state index is 0.145. The van der Waals surface area contributed by atoms with Crippen molar-refractivity contribution in [3.63, 3.8) is 0 Å². The molecule has 1 heterocycles. The third kappa shape index (κ3) is 6.31. The van der Waals surface area contributed by atoms with E-state index in [0.29, 0.717) is 10.9 Å². The van der Waals surface area contributed by atoms with Gasteiger partial charge < -0.3 is 4.90 Å². The first kappa shape index (κ1) is 31.0. The molecule has 0 spiro atoms. The Morgan fingerprint density at radius 3 is 2.05 bits per heavy atom. The highest BCUT2D eigenvalue weighted by molar-refractivity contribution is 8.45. The predicted molar refractivity (Wildman–Crippen MR) is 131 cm³/mol. The van der Waals surface area contributed by atoms with Gasteiger partial charge in [-0.2, -0.15) is 23.5 Å². The Morgan fingerprint density at radius 2 is 1.69 bits per heavy atom. The zero-order valence-electron chi connectivity index (χ0n) is 19.9. The van der Waals surface area contributed by atoms with E-state index in [9.17, 15) is 46.3 Å². The molecular formula is C19H18Cl2F8N6O2S2. The van der Waals surface area contributed by atoms with Gasteiger partial charge in [0.1, 0.15) is 22.3 Å². The van der Waals surface area contributed by atoms with Gasteiger partial charge in [-0.15, -0.1) is 0 Å². The Labute approximate surface area is 227 Å². The van der Waals surface area contributed by atoms with Crippen molar-refractivity contribution in [1.29, 1.82) is 5.26 Å². The van der Waals surface area contributed by atoms with Crippen LogP contribution in [-0.4, -0.2) is 62.5 Å². The molecule has 2 aromatic rings. The lowest BCUT2D eigenvalue weighted by Gasteiger charge is -2.40. The van der Waals surface area contributed by atoms with Crippen molar-refractivity contribution < 1.29 is 41.0 Å². The first-order valence-corrected chi connectivity index (χ1v) is 14.9. The number of hydrogen-bond donors (Lipinski definition) is 0. The second-order valence-electron chi connectivity index (χ2n) is 9.00. The average Bonchev–Trinajstić information content (AvgIpc) is 3.44. The van der Waals surface area contributed by atoms with Gasteiger partial charge >= 0.3 is 16.4 Å². The van der Waals surface area contributed by atoms with E-state index in [1.165, 1.54) is 25.1 Å². The van der Waals surface area contributed by atoms with E-state index in [-0.39, 0.29) is 16.4 Å². The molecule has 1 aliphatic rings. The molecule has 0 saturated heterocycles. The Bertz CT molecular complexity index is 1490. The minimum atomic E-state index is -10.3. The molecule has 0 radical (unpaired) electrons. The summed E-state index contributed by atoms with van der Waals surface area (Å²) in [5.74, 6) is -0.674. The summed E-state index contributed by atoms with van der Waals surface area (Å²) in [5.41, 5.74) is -4.72. The first-order chi connectivity index (χ1) is 17.3. The average molecular weight is 649 g/mol. The summed E-state index contributed by atoms with van der Waals surface area (Å²) in [6.07, 6.45) is -4.06. The number of benzene rings is 1. The summed E-state index contributed by atoms with van der Waals surface area (Å²) in [7, 11) is -11.9. The lowest BCUT2D eigenvalue weighted by molar-refractivity contribution is -0.183. The maximum absolute atomic E-state index is 13.7. The fraction of sp³-hybridized carbons (Fsp3) is 0.421. The zero-order chi connectivity index (χ0) is 30.0. The van der Waals surface area contributed by atoms with E-state index in [2.05, 4.69) is 10.1 Å². The third-order valence-electron chi connectivity index (χ3n) is 5.55. The summed E-state index contributed by atoms with van der Waals surface area (Å²) in [6, 6.07) is 1.22. The van der Waals surface area contributed by atoms with Crippen molar-refractivity contribution in [3.8, 4) is 11.8 Å². The second-order valence-corrected chi connectivity index (χ2v) is 14.1. The van der Waals surface area contributed by atoms with Crippen LogP contribution in [0.1, 0.15) is 18.5 Å². The standard InChI is InChI=1S/C19H18Cl2F8N6O2S2/c1-33(2)10-31-17-16(34(38(3,36)37)9-18(4-5-18)19(22,23)24)14(8-30)32-35(17)15-12(20)6-11(7-13(15)21)39(25,26,27,28)29/h6-7,10H,4-5,9H2,1-3H3/b31-10+. The molecule has 0 atom stereocenters. The summed E-state index contributed by atoms with van der Waals surface area (Å²) < 4.78 is 134. The van der Waals surface area contributed by atoms with Gasteiger partial charge in [-0.05, 0) is 25.0 Å². The molecule has 0 unspecified atom stereocenters. The largest absolute Gasteiger partial charge is 0.396 e. The smallest absolute Gasteiger partial charge is 0.369 e. The molecule has 3 rings (SSSR count). The third-order valence-corrected chi connectivity index (χ3v) is 8.37. The van der Waals surface area contributed by atoms with Crippen LogP contribution in [0, 0.1) is 16.7 Å². The van der Waals surface area contributed by atoms with Crippen LogP contribution in [0.15, 0.2) is 22.0 Å². The molecule has 0 bridgehead atoms. The summed E-state index contributed by atoms with van der Waals surface area (Å²) in [5, 5.41) is 11.4. The number of nitrogens with zero attached hydrogens (tertiary/aromatic N) is 6. The Kier molecular flexibility index (Phi) is 6.97. The van der Waals surface area contributed by atoms with E-state index >= 15 is 0 Å². The van der Waals surface area contributed by atoms with Gasteiger partial charge in [0.05, 0.1) is 28.1 Å². The number of rotatable bonds is 8. The number of halogens is 10. The van der Waals surface area contributed by atoms with Crippen molar-refractivity contribution >= 4 is 61.3 Å². The van der Waals surface area contributed by atoms with Crippen LogP contribution < -0.4 is 4.31 Å². The number of aromatic nitrogens is 2. The highest BCUT2D eigenvalue weighted by Gasteiger charge is 2.66. The number of sulfonamides is 1. The van der Waals surface area contributed by atoms with Gasteiger partial charge in [0.25, 0.3) is 0 Å². The fourth-order valence-corrected chi connectivity index (χ4v) is 5.87. The number of aliphatic imine (C=N–C) groups is 1. The molecule has 1 aromatic carbocycles. The highest BCUT2D eigenvalue weighted by atomic mass is 35.5. The van der Waals surface area contributed by atoms with Gasteiger partial charge in [-0.1, -0.05) is 42.6 Å². The van der Waals surface area contributed by atoms with Gasteiger partial charge in [0.15, 0.2) is 11.5 Å². The maximum Gasteiger partial charge on any atom is 0.396 e. The van der Waals surface area contributed by atoms with Gasteiger partial charge in [0, 0.05) is 20.6 Å². The highest BCUT2D eigenvalue weighted by Crippen LogP contribution is 3.02. The molecule has 218 valence electrons. The molecule has 8 nitrogen and oxygen atoms in total. The Morgan fingerprint density at radius 1 is 1.18 bits per heavy atom. The molecule has 1 aromatic heterocycles. The van der Waals surface area contributed by atoms with Crippen LogP contribution >= 0.6 is 33.4 Å². The maximum atomic E-state index is 13.7. The van der Waals surface area contributed by atoms with Crippen LogP contribution in [0.3, 0.4) is 0 Å².